The number of aromatic nitrogens is 2. The third kappa shape index (κ3) is 3.05. The minimum atomic E-state index is -0.605. The lowest BCUT2D eigenvalue weighted by atomic mass is 10.0. The van der Waals surface area contributed by atoms with Crippen LogP contribution in [0.15, 0.2) is 48.5 Å². The van der Waals surface area contributed by atoms with Crippen molar-refractivity contribution in [2.45, 2.75) is 6.42 Å². The van der Waals surface area contributed by atoms with Crippen LogP contribution in [0.5, 0.6) is 0 Å². The van der Waals surface area contributed by atoms with E-state index in [1.165, 1.54) is 0 Å². The number of hydrogen-bond donors (Lipinski definition) is 3. The number of benzene rings is 2. The van der Waals surface area contributed by atoms with Gasteiger partial charge in [0.15, 0.2) is 0 Å². The fraction of sp³-hybridized carbons (Fsp3) is 0.0588. The Kier molecular flexibility index (Phi) is 4.04. The Balaban J connectivity index is 1.89. The van der Waals surface area contributed by atoms with Crippen molar-refractivity contribution in [3.8, 4) is 11.3 Å². The molecule has 0 bridgehead atoms. The molecule has 5 nitrogen and oxygen atoms in total. The topological polar surface area (TPSA) is 97.8 Å². The van der Waals surface area contributed by atoms with Gasteiger partial charge in [0.05, 0.1) is 0 Å². The first-order valence-electron chi connectivity index (χ1n) is 7.02. The molecule has 23 heavy (non-hydrogen) atoms. The van der Waals surface area contributed by atoms with Crippen LogP contribution in [0, 0.1) is 0 Å². The van der Waals surface area contributed by atoms with E-state index in [-0.39, 0.29) is 11.4 Å². The molecule has 0 radical (unpaired) electrons. The molecule has 1 amide bonds. The Morgan fingerprint density at radius 2 is 1.83 bits per heavy atom. The number of primary amides is 1. The number of hydrogen-bond acceptors (Lipinski definition) is 3. The van der Waals surface area contributed by atoms with Crippen LogP contribution < -0.4 is 11.5 Å². The number of carbonyl (C=O) groups is 1. The van der Waals surface area contributed by atoms with Gasteiger partial charge >= 0.3 is 0 Å². The highest BCUT2D eigenvalue weighted by molar-refractivity contribution is 6.31. The third-order valence-electron chi connectivity index (χ3n) is 3.62. The van der Waals surface area contributed by atoms with Gasteiger partial charge in [-0.1, -0.05) is 54.1 Å². The molecule has 2 aromatic carbocycles. The maximum absolute atomic E-state index is 11.5. The van der Waals surface area contributed by atoms with Gasteiger partial charge in [-0.3, -0.25) is 9.89 Å². The van der Waals surface area contributed by atoms with E-state index in [0.717, 1.165) is 28.1 Å². The van der Waals surface area contributed by atoms with Crippen LogP contribution >= 0.6 is 11.6 Å². The SMILES string of the molecule is NC(=O)c1c(-c2ccc(Cc3ccccc3Cl)cc2)n[nH]c1N. The minimum absolute atomic E-state index is 0.174. The molecule has 3 rings (SSSR count). The fourth-order valence-corrected chi connectivity index (χ4v) is 2.66. The van der Waals surface area contributed by atoms with Crippen LogP contribution in [0.3, 0.4) is 0 Å². The highest BCUT2D eigenvalue weighted by atomic mass is 35.5. The lowest BCUT2D eigenvalue weighted by molar-refractivity contribution is 0.100. The first-order valence-corrected chi connectivity index (χ1v) is 7.40. The predicted octanol–water partition coefficient (Wildman–Crippen LogP) is 3.00. The summed E-state index contributed by atoms with van der Waals surface area (Å²) in [5, 5.41) is 7.39. The second kappa shape index (κ2) is 6.14. The first kappa shape index (κ1) is 15.1. The van der Waals surface area contributed by atoms with Gasteiger partial charge < -0.3 is 11.5 Å². The average molecular weight is 327 g/mol. The first-order chi connectivity index (χ1) is 11.1. The molecule has 0 aliphatic rings. The normalized spacial score (nSPS) is 10.7. The number of nitrogens with one attached hydrogen (secondary N) is 1. The second-order valence-electron chi connectivity index (χ2n) is 5.19. The minimum Gasteiger partial charge on any atom is -0.383 e. The molecule has 116 valence electrons. The summed E-state index contributed by atoms with van der Waals surface area (Å²) in [6.07, 6.45) is 0.728. The number of rotatable bonds is 4. The smallest absolute Gasteiger partial charge is 0.254 e. The molecular formula is C17H15ClN4O. The van der Waals surface area contributed by atoms with Gasteiger partial charge in [0, 0.05) is 10.6 Å². The van der Waals surface area contributed by atoms with Gasteiger partial charge in [-0.05, 0) is 23.6 Å². The summed E-state index contributed by atoms with van der Waals surface area (Å²) in [7, 11) is 0. The van der Waals surface area contributed by atoms with E-state index >= 15 is 0 Å². The largest absolute Gasteiger partial charge is 0.383 e. The molecule has 0 aliphatic carbocycles. The van der Waals surface area contributed by atoms with Crippen LogP contribution in [-0.4, -0.2) is 16.1 Å². The van der Waals surface area contributed by atoms with Crippen molar-refractivity contribution in [2.24, 2.45) is 5.73 Å². The van der Waals surface area contributed by atoms with E-state index in [0.29, 0.717) is 5.69 Å². The predicted molar refractivity (Wildman–Crippen MR) is 91.2 cm³/mol. The number of nitrogens with two attached hydrogens (primary N) is 2. The summed E-state index contributed by atoms with van der Waals surface area (Å²) in [5.74, 6) is -0.431. The summed E-state index contributed by atoms with van der Waals surface area (Å²) in [6, 6.07) is 15.4. The van der Waals surface area contributed by atoms with Gasteiger partial charge in [0.2, 0.25) is 0 Å². The molecule has 0 atom stereocenters. The number of halogens is 1. The van der Waals surface area contributed by atoms with Crippen molar-refractivity contribution in [3.63, 3.8) is 0 Å². The lowest BCUT2D eigenvalue weighted by Gasteiger charge is -2.06. The Morgan fingerprint density at radius 3 is 2.48 bits per heavy atom. The number of amides is 1. The second-order valence-corrected chi connectivity index (χ2v) is 5.60. The molecule has 3 aromatic rings. The van der Waals surface area contributed by atoms with Gasteiger partial charge in [0.25, 0.3) is 5.91 Å². The molecule has 5 N–H and O–H groups in total. The quantitative estimate of drug-likeness (QED) is 0.687. The molecule has 0 unspecified atom stereocenters. The molecule has 0 saturated carbocycles. The zero-order valence-corrected chi connectivity index (χ0v) is 13.0. The van der Waals surface area contributed by atoms with Gasteiger partial charge in [0.1, 0.15) is 17.1 Å². The molecule has 6 heteroatoms. The fourth-order valence-electron chi connectivity index (χ4n) is 2.46. The average Bonchev–Trinajstić information content (AvgIpc) is 2.92. The van der Waals surface area contributed by atoms with E-state index in [4.69, 9.17) is 23.1 Å². The zero-order valence-electron chi connectivity index (χ0n) is 12.2. The maximum atomic E-state index is 11.5. The standard InChI is InChI=1S/C17H15ClN4O/c18-13-4-2-1-3-12(13)9-10-5-7-11(8-6-10)15-14(17(20)23)16(19)22-21-15/h1-8H,9H2,(H2,20,23)(H3,19,21,22). The number of aromatic amines is 1. The van der Waals surface area contributed by atoms with Crippen molar-refractivity contribution >= 4 is 23.3 Å². The Labute approximate surface area is 138 Å². The highest BCUT2D eigenvalue weighted by Gasteiger charge is 2.17. The summed E-state index contributed by atoms with van der Waals surface area (Å²) < 4.78 is 0. The van der Waals surface area contributed by atoms with Gasteiger partial charge in [-0.2, -0.15) is 5.10 Å². The molecule has 0 saturated heterocycles. The molecule has 0 aliphatic heterocycles. The van der Waals surface area contributed by atoms with Crippen molar-refractivity contribution < 1.29 is 4.79 Å². The molecule has 1 aromatic heterocycles. The van der Waals surface area contributed by atoms with Crippen LogP contribution in [0.4, 0.5) is 5.82 Å². The number of carbonyl (C=O) groups excluding carboxylic acids is 1. The monoisotopic (exact) mass is 326 g/mol. The lowest BCUT2D eigenvalue weighted by Crippen LogP contribution is -2.13. The third-order valence-corrected chi connectivity index (χ3v) is 3.99. The summed E-state index contributed by atoms with van der Waals surface area (Å²) in [6.45, 7) is 0. The number of nitrogen functional groups attached to an aromatic ring is 1. The van der Waals surface area contributed by atoms with Crippen molar-refractivity contribution in [1.29, 1.82) is 0 Å². The van der Waals surface area contributed by atoms with E-state index in [9.17, 15) is 4.79 Å². The molecule has 0 fully saturated rings. The van der Waals surface area contributed by atoms with Crippen LogP contribution in [0.1, 0.15) is 21.5 Å². The van der Waals surface area contributed by atoms with Crippen LogP contribution in [-0.2, 0) is 6.42 Å². The Bertz CT molecular complexity index is 855. The molecule has 1 heterocycles. The number of H-pyrrole nitrogens is 1. The summed E-state index contributed by atoms with van der Waals surface area (Å²) in [4.78, 5) is 11.5. The van der Waals surface area contributed by atoms with Crippen LogP contribution in [0.25, 0.3) is 11.3 Å². The van der Waals surface area contributed by atoms with Crippen molar-refractivity contribution in [1.82, 2.24) is 10.2 Å². The summed E-state index contributed by atoms with van der Waals surface area (Å²) >= 11 is 6.18. The van der Waals surface area contributed by atoms with Gasteiger partial charge in [-0.25, -0.2) is 0 Å². The Hall–Kier alpha value is -2.79. The van der Waals surface area contributed by atoms with Crippen molar-refractivity contribution in [2.75, 3.05) is 5.73 Å². The Morgan fingerprint density at radius 1 is 1.13 bits per heavy atom. The highest BCUT2D eigenvalue weighted by Crippen LogP contribution is 2.26. The molecular weight excluding hydrogens is 312 g/mol. The van der Waals surface area contributed by atoms with E-state index < -0.39 is 5.91 Å². The van der Waals surface area contributed by atoms with Crippen LogP contribution in [0.2, 0.25) is 5.02 Å². The number of nitrogens with zero attached hydrogens (tertiary/aromatic N) is 1. The van der Waals surface area contributed by atoms with E-state index in [2.05, 4.69) is 10.2 Å². The number of anilines is 1. The maximum Gasteiger partial charge on any atom is 0.254 e. The van der Waals surface area contributed by atoms with E-state index in [1.807, 2.05) is 48.5 Å². The van der Waals surface area contributed by atoms with Gasteiger partial charge in [-0.15, -0.1) is 0 Å². The summed E-state index contributed by atoms with van der Waals surface area (Å²) in [5.41, 5.74) is 14.7. The molecule has 0 spiro atoms. The van der Waals surface area contributed by atoms with E-state index in [1.54, 1.807) is 0 Å². The van der Waals surface area contributed by atoms with Crippen molar-refractivity contribution in [3.05, 3.63) is 70.2 Å². The zero-order chi connectivity index (χ0) is 16.4.